The zero-order valence-electron chi connectivity index (χ0n) is 9.95. The summed E-state index contributed by atoms with van der Waals surface area (Å²) in [4.78, 5) is 24.2. The summed E-state index contributed by atoms with van der Waals surface area (Å²) in [6, 6.07) is 0.315. The number of rotatable bonds is 0. The average Bonchev–Trinajstić information content (AvgIpc) is 2.14. The van der Waals surface area contributed by atoms with Crippen LogP contribution in [0.3, 0.4) is 0 Å². The minimum atomic E-state index is -0.454. The van der Waals surface area contributed by atoms with E-state index in [1.165, 1.54) is 0 Å². The molecule has 0 radical (unpaired) electrons. The molecule has 0 aromatic heterocycles. The molecular formula is C12H17NO3. The van der Waals surface area contributed by atoms with Crippen molar-refractivity contribution in [1.29, 1.82) is 0 Å². The lowest BCUT2D eigenvalue weighted by Gasteiger charge is -2.52. The van der Waals surface area contributed by atoms with Crippen LogP contribution in [-0.2, 0) is 9.53 Å². The Labute approximate surface area is 95.2 Å². The normalized spacial score (nSPS) is 28.2. The number of hydrogen-bond donors (Lipinski definition) is 0. The molecule has 2 atom stereocenters. The van der Waals surface area contributed by atoms with Gasteiger partial charge in [0, 0.05) is 17.7 Å². The van der Waals surface area contributed by atoms with Crippen molar-refractivity contribution in [1.82, 2.24) is 4.90 Å². The molecule has 2 aliphatic heterocycles. The van der Waals surface area contributed by atoms with Crippen LogP contribution in [0.4, 0.5) is 4.79 Å². The van der Waals surface area contributed by atoms with Gasteiger partial charge in [0.15, 0.2) is 0 Å². The molecule has 16 heavy (non-hydrogen) atoms. The number of nitrogens with zero attached hydrogens (tertiary/aromatic N) is 1. The van der Waals surface area contributed by atoms with Gasteiger partial charge in [-0.1, -0.05) is 0 Å². The smallest absolute Gasteiger partial charge is 0.410 e. The zero-order chi connectivity index (χ0) is 11.9. The molecule has 1 amide bonds. The molecule has 2 bridgehead atoms. The van der Waals surface area contributed by atoms with Gasteiger partial charge >= 0.3 is 6.09 Å². The Bertz CT molecular complexity index is 349. The third-order valence-corrected chi connectivity index (χ3v) is 3.04. The van der Waals surface area contributed by atoms with Crippen LogP contribution in [0.15, 0.2) is 5.57 Å². The number of piperidine rings is 1. The molecule has 0 N–H and O–H groups in total. The van der Waals surface area contributed by atoms with E-state index >= 15 is 0 Å². The van der Waals surface area contributed by atoms with Crippen molar-refractivity contribution in [3.8, 4) is 0 Å². The van der Waals surface area contributed by atoms with Crippen LogP contribution < -0.4 is 0 Å². The summed E-state index contributed by atoms with van der Waals surface area (Å²) in [6.07, 6.45) is 2.07. The summed E-state index contributed by atoms with van der Waals surface area (Å²) in [5.74, 6) is 1.96. The van der Waals surface area contributed by atoms with E-state index in [0.29, 0.717) is 12.8 Å². The Balaban J connectivity index is 1.99. The minimum Gasteiger partial charge on any atom is -0.444 e. The first-order chi connectivity index (χ1) is 7.40. The van der Waals surface area contributed by atoms with Crippen molar-refractivity contribution in [2.75, 3.05) is 0 Å². The van der Waals surface area contributed by atoms with Gasteiger partial charge in [0.1, 0.15) is 11.5 Å². The van der Waals surface area contributed by atoms with Crippen LogP contribution in [0, 0.1) is 0 Å². The number of ether oxygens (including phenoxy) is 1. The number of hydrogen-bond acceptors (Lipinski definition) is 3. The number of carbonyl (C=O) groups excluding carboxylic acids is 2. The van der Waals surface area contributed by atoms with Gasteiger partial charge in [0.25, 0.3) is 0 Å². The molecule has 1 saturated carbocycles. The Hall–Kier alpha value is -1.28. The van der Waals surface area contributed by atoms with E-state index in [1.54, 1.807) is 4.90 Å². The lowest BCUT2D eigenvalue weighted by atomic mass is 9.78. The second-order valence-electron chi connectivity index (χ2n) is 5.54. The first kappa shape index (κ1) is 11.2. The van der Waals surface area contributed by atoms with Crippen LogP contribution in [0.25, 0.3) is 0 Å². The molecule has 0 spiro atoms. The fourth-order valence-corrected chi connectivity index (χ4v) is 2.41. The topological polar surface area (TPSA) is 46.6 Å². The SMILES string of the molecule is CC(C)(C)OC(=O)N1C2CC(=C=O)CC1C2. The molecule has 0 aromatic rings. The van der Waals surface area contributed by atoms with Gasteiger partial charge in [0.05, 0.1) is 0 Å². The summed E-state index contributed by atoms with van der Waals surface area (Å²) < 4.78 is 5.33. The fourth-order valence-electron chi connectivity index (χ4n) is 2.41. The Morgan fingerprint density at radius 3 is 2.38 bits per heavy atom. The van der Waals surface area contributed by atoms with Gasteiger partial charge in [-0.05, 0) is 40.0 Å². The maximum absolute atomic E-state index is 11.8. The molecule has 0 aromatic carbocycles. The van der Waals surface area contributed by atoms with Crippen LogP contribution >= 0.6 is 0 Å². The molecule has 3 aliphatic rings. The Morgan fingerprint density at radius 1 is 1.38 bits per heavy atom. The van der Waals surface area contributed by atoms with E-state index in [-0.39, 0.29) is 18.2 Å². The number of amides is 1. The first-order valence-electron chi connectivity index (χ1n) is 5.65. The van der Waals surface area contributed by atoms with E-state index in [9.17, 15) is 9.59 Å². The number of carbonyl (C=O) groups is 1. The fraction of sp³-hybridized carbons (Fsp3) is 0.750. The van der Waals surface area contributed by atoms with Gasteiger partial charge in [-0.2, -0.15) is 0 Å². The maximum Gasteiger partial charge on any atom is 0.410 e. The van der Waals surface area contributed by atoms with Crippen LogP contribution in [-0.4, -0.2) is 34.6 Å². The number of fused-ring (bicyclic) bond motifs is 2. The van der Waals surface area contributed by atoms with Crippen LogP contribution in [0.5, 0.6) is 0 Å². The van der Waals surface area contributed by atoms with E-state index < -0.39 is 5.60 Å². The third-order valence-electron chi connectivity index (χ3n) is 3.04. The Morgan fingerprint density at radius 2 is 1.94 bits per heavy atom. The third kappa shape index (κ3) is 1.98. The van der Waals surface area contributed by atoms with Crippen LogP contribution in [0.1, 0.15) is 40.0 Å². The van der Waals surface area contributed by atoms with Crippen molar-refractivity contribution >= 4 is 12.0 Å². The summed E-state index contributed by atoms with van der Waals surface area (Å²) in [7, 11) is 0. The Kier molecular flexibility index (Phi) is 2.55. The first-order valence-corrected chi connectivity index (χ1v) is 5.65. The molecule has 3 fully saturated rings. The molecule has 3 rings (SSSR count). The zero-order valence-corrected chi connectivity index (χ0v) is 9.95. The van der Waals surface area contributed by atoms with E-state index in [4.69, 9.17) is 4.74 Å². The van der Waals surface area contributed by atoms with Crippen LogP contribution in [0.2, 0.25) is 0 Å². The molecule has 88 valence electrons. The highest BCUT2D eigenvalue weighted by Gasteiger charge is 2.47. The van der Waals surface area contributed by atoms with E-state index in [1.807, 2.05) is 26.7 Å². The van der Waals surface area contributed by atoms with Crippen molar-refractivity contribution in [3.05, 3.63) is 5.57 Å². The van der Waals surface area contributed by atoms with Gasteiger partial charge < -0.3 is 9.64 Å². The second kappa shape index (κ2) is 3.63. The lowest BCUT2D eigenvalue weighted by molar-refractivity contribution is -0.0404. The predicted octanol–water partition coefficient (Wildman–Crippen LogP) is 1.92. The van der Waals surface area contributed by atoms with Crippen molar-refractivity contribution in [2.24, 2.45) is 0 Å². The standard InChI is InChI=1S/C12H17NO3/c1-12(2,3)16-11(15)13-9-4-8(7-14)5-10(13)6-9/h9-10H,4-6H2,1-3H3. The molecule has 1 aliphatic carbocycles. The average molecular weight is 223 g/mol. The lowest BCUT2D eigenvalue weighted by Crippen LogP contribution is -2.62. The maximum atomic E-state index is 11.8. The molecular weight excluding hydrogens is 206 g/mol. The molecule has 4 heteroatoms. The van der Waals surface area contributed by atoms with Gasteiger partial charge in [-0.25, -0.2) is 9.59 Å². The predicted molar refractivity (Wildman–Crippen MR) is 58.7 cm³/mol. The largest absolute Gasteiger partial charge is 0.444 e. The van der Waals surface area contributed by atoms with Gasteiger partial charge in [-0.3, -0.25) is 0 Å². The molecule has 2 heterocycles. The molecule has 4 nitrogen and oxygen atoms in total. The van der Waals surface area contributed by atoms with Crippen molar-refractivity contribution in [3.63, 3.8) is 0 Å². The summed E-state index contributed by atoms with van der Waals surface area (Å²) in [6.45, 7) is 5.58. The van der Waals surface area contributed by atoms with E-state index in [2.05, 4.69) is 0 Å². The highest BCUT2D eigenvalue weighted by molar-refractivity contribution is 5.71. The molecule has 2 unspecified atom stereocenters. The summed E-state index contributed by atoms with van der Waals surface area (Å²) in [5, 5.41) is 0. The van der Waals surface area contributed by atoms with Gasteiger partial charge in [0.2, 0.25) is 0 Å². The molecule has 2 saturated heterocycles. The minimum absolute atomic E-state index is 0.157. The summed E-state index contributed by atoms with van der Waals surface area (Å²) >= 11 is 0. The summed E-state index contributed by atoms with van der Waals surface area (Å²) in [5.41, 5.74) is 0.352. The quantitative estimate of drug-likeness (QED) is 0.589. The highest BCUT2D eigenvalue weighted by Crippen LogP contribution is 2.40. The second-order valence-corrected chi connectivity index (χ2v) is 5.54. The van der Waals surface area contributed by atoms with Crippen molar-refractivity contribution in [2.45, 2.75) is 57.7 Å². The van der Waals surface area contributed by atoms with Gasteiger partial charge in [-0.15, -0.1) is 0 Å². The monoisotopic (exact) mass is 223 g/mol. The van der Waals surface area contributed by atoms with E-state index in [0.717, 1.165) is 12.0 Å². The van der Waals surface area contributed by atoms with Crippen molar-refractivity contribution < 1.29 is 14.3 Å². The highest BCUT2D eigenvalue weighted by atomic mass is 16.6.